The van der Waals surface area contributed by atoms with E-state index >= 15 is 0 Å². The molecule has 1 rings (SSSR count). The molecule has 19 heavy (non-hydrogen) atoms. The van der Waals surface area contributed by atoms with Crippen LogP contribution in [0.1, 0.15) is 18.1 Å². The first-order valence-corrected chi connectivity index (χ1v) is 5.77. The van der Waals surface area contributed by atoms with Gasteiger partial charge in [0.1, 0.15) is 0 Å². The van der Waals surface area contributed by atoms with E-state index in [0.717, 1.165) is 17.7 Å². The lowest BCUT2D eigenvalue weighted by Gasteiger charge is -2.08. The Bertz CT molecular complexity index is 451. The molecule has 0 saturated carbocycles. The maximum absolute atomic E-state index is 10.9. The topological polar surface area (TPSA) is 55.4 Å². The van der Waals surface area contributed by atoms with Crippen molar-refractivity contribution in [2.75, 3.05) is 19.0 Å². The molecule has 4 heteroatoms. The second-order valence-corrected chi connectivity index (χ2v) is 3.40. The summed E-state index contributed by atoms with van der Waals surface area (Å²) in [7, 11) is 1.68. The summed E-state index contributed by atoms with van der Waals surface area (Å²) in [5, 5.41) is 2.46. The zero-order valence-corrected chi connectivity index (χ0v) is 11.3. The van der Waals surface area contributed by atoms with Crippen LogP contribution in [0, 0.1) is 0 Å². The van der Waals surface area contributed by atoms with Gasteiger partial charge in [0.15, 0.2) is 0 Å². The Kier molecular flexibility index (Phi) is 8.66. The molecule has 0 radical (unpaired) electrons. The molecular formula is C15H19NO3. The molecule has 1 aromatic carbocycles. The SMILES string of the molecule is C=Cc1cccc(NC(=O)C=O)c1C=C.CCOC. The van der Waals surface area contributed by atoms with Gasteiger partial charge in [0.2, 0.25) is 6.29 Å². The summed E-state index contributed by atoms with van der Waals surface area (Å²) in [6.45, 7) is 10.1. The van der Waals surface area contributed by atoms with Gasteiger partial charge in [-0.3, -0.25) is 9.59 Å². The second-order valence-electron chi connectivity index (χ2n) is 3.40. The highest BCUT2D eigenvalue weighted by Gasteiger charge is 2.05. The predicted molar refractivity (Wildman–Crippen MR) is 78.9 cm³/mol. The van der Waals surface area contributed by atoms with Crippen LogP contribution in [-0.4, -0.2) is 25.9 Å². The maximum Gasteiger partial charge on any atom is 0.288 e. The van der Waals surface area contributed by atoms with Crippen LogP contribution in [0.4, 0.5) is 5.69 Å². The summed E-state index contributed by atoms with van der Waals surface area (Å²) in [5.74, 6) is -0.681. The fourth-order valence-electron chi connectivity index (χ4n) is 1.26. The largest absolute Gasteiger partial charge is 0.385 e. The molecule has 1 amide bonds. The molecule has 0 unspecified atom stereocenters. The molecule has 0 bridgehead atoms. The van der Waals surface area contributed by atoms with E-state index in [0.29, 0.717) is 5.69 Å². The van der Waals surface area contributed by atoms with Crippen molar-refractivity contribution in [1.82, 2.24) is 0 Å². The van der Waals surface area contributed by atoms with Gasteiger partial charge in [-0.05, 0) is 18.6 Å². The zero-order chi connectivity index (χ0) is 14.7. The van der Waals surface area contributed by atoms with E-state index in [1.165, 1.54) is 0 Å². The Balaban J connectivity index is 0.000000711. The third kappa shape index (κ3) is 5.79. The Labute approximate surface area is 113 Å². The van der Waals surface area contributed by atoms with Crippen molar-refractivity contribution in [3.63, 3.8) is 0 Å². The number of benzene rings is 1. The fraction of sp³-hybridized carbons (Fsp3) is 0.200. The maximum atomic E-state index is 10.9. The number of aldehydes is 1. The minimum absolute atomic E-state index is 0.230. The third-order valence-electron chi connectivity index (χ3n) is 2.22. The van der Waals surface area contributed by atoms with E-state index in [2.05, 4.69) is 23.2 Å². The summed E-state index contributed by atoms with van der Waals surface area (Å²) in [4.78, 5) is 21.1. The lowest BCUT2D eigenvalue weighted by Crippen LogP contribution is -2.13. The minimum Gasteiger partial charge on any atom is -0.385 e. The molecular weight excluding hydrogens is 242 g/mol. The van der Waals surface area contributed by atoms with Gasteiger partial charge < -0.3 is 10.1 Å². The van der Waals surface area contributed by atoms with Crippen LogP contribution in [0.2, 0.25) is 0 Å². The third-order valence-corrected chi connectivity index (χ3v) is 2.22. The summed E-state index contributed by atoms with van der Waals surface area (Å²) in [6, 6.07) is 5.32. The summed E-state index contributed by atoms with van der Waals surface area (Å²) in [5.41, 5.74) is 2.16. The van der Waals surface area contributed by atoms with Gasteiger partial charge >= 0.3 is 0 Å². The molecule has 1 N–H and O–H groups in total. The quantitative estimate of drug-likeness (QED) is 0.655. The molecule has 0 aliphatic heterocycles. The summed E-state index contributed by atoms with van der Waals surface area (Å²) < 4.78 is 4.54. The van der Waals surface area contributed by atoms with Crippen LogP contribution >= 0.6 is 0 Å². The lowest BCUT2D eigenvalue weighted by atomic mass is 10.1. The zero-order valence-electron chi connectivity index (χ0n) is 11.3. The molecule has 0 spiro atoms. The fourth-order valence-corrected chi connectivity index (χ4v) is 1.26. The number of rotatable bonds is 5. The average Bonchev–Trinajstić information content (AvgIpc) is 2.46. The predicted octanol–water partition coefficient (Wildman–Crippen LogP) is 2.76. The van der Waals surface area contributed by atoms with E-state index in [1.54, 1.807) is 31.4 Å². The van der Waals surface area contributed by atoms with Crippen molar-refractivity contribution in [3.8, 4) is 0 Å². The Morgan fingerprint density at radius 2 is 2.00 bits per heavy atom. The number of methoxy groups -OCH3 is 1. The summed E-state index contributed by atoms with van der Waals surface area (Å²) in [6.07, 6.45) is 3.50. The number of carbonyl (C=O) groups is 2. The number of ether oxygens (including phenoxy) is 1. The van der Waals surface area contributed by atoms with Crippen LogP contribution in [0.5, 0.6) is 0 Å². The van der Waals surface area contributed by atoms with E-state index in [-0.39, 0.29) is 6.29 Å². The van der Waals surface area contributed by atoms with Crippen molar-refractivity contribution < 1.29 is 14.3 Å². The van der Waals surface area contributed by atoms with E-state index in [4.69, 9.17) is 0 Å². The minimum atomic E-state index is -0.681. The Morgan fingerprint density at radius 1 is 1.37 bits per heavy atom. The van der Waals surface area contributed by atoms with Gasteiger partial charge in [0, 0.05) is 25.0 Å². The van der Waals surface area contributed by atoms with E-state index in [1.807, 2.05) is 13.0 Å². The number of hydrogen-bond acceptors (Lipinski definition) is 3. The number of carbonyl (C=O) groups excluding carboxylic acids is 2. The van der Waals surface area contributed by atoms with Crippen molar-refractivity contribution >= 4 is 30.0 Å². The lowest BCUT2D eigenvalue weighted by molar-refractivity contribution is -0.127. The van der Waals surface area contributed by atoms with Gasteiger partial charge in [0.25, 0.3) is 5.91 Å². The van der Waals surface area contributed by atoms with E-state index < -0.39 is 5.91 Å². The molecule has 0 aromatic heterocycles. The smallest absolute Gasteiger partial charge is 0.288 e. The van der Waals surface area contributed by atoms with Crippen molar-refractivity contribution in [2.45, 2.75) is 6.92 Å². The van der Waals surface area contributed by atoms with Gasteiger partial charge in [-0.15, -0.1) is 0 Å². The molecule has 0 fully saturated rings. The highest BCUT2D eigenvalue weighted by atomic mass is 16.5. The second kappa shape index (κ2) is 9.79. The van der Waals surface area contributed by atoms with Crippen molar-refractivity contribution in [1.29, 1.82) is 0 Å². The first kappa shape index (κ1) is 16.8. The normalized spacial score (nSPS) is 8.74. The number of nitrogens with one attached hydrogen (secondary N) is 1. The van der Waals surface area contributed by atoms with Crippen LogP contribution in [0.15, 0.2) is 31.4 Å². The van der Waals surface area contributed by atoms with Crippen LogP contribution < -0.4 is 5.32 Å². The monoisotopic (exact) mass is 261 g/mol. The number of amides is 1. The standard InChI is InChI=1S/C12H11NO2.C3H8O/c1-3-9-6-5-7-11(10(9)4-2)13-12(15)8-14;1-3-4-2/h3-8H,1-2H2,(H,13,15);3H2,1-2H3. The molecule has 1 aromatic rings. The van der Waals surface area contributed by atoms with Crippen molar-refractivity contribution in [2.24, 2.45) is 0 Å². The summed E-state index contributed by atoms with van der Waals surface area (Å²) >= 11 is 0. The highest BCUT2D eigenvalue weighted by Crippen LogP contribution is 2.21. The van der Waals surface area contributed by atoms with Gasteiger partial charge in [-0.25, -0.2) is 0 Å². The molecule has 102 valence electrons. The van der Waals surface area contributed by atoms with E-state index in [9.17, 15) is 9.59 Å². The first-order valence-electron chi connectivity index (χ1n) is 5.77. The van der Waals surface area contributed by atoms with Gasteiger partial charge in [-0.2, -0.15) is 0 Å². The Morgan fingerprint density at radius 3 is 2.42 bits per heavy atom. The molecule has 0 atom stereocenters. The van der Waals surface area contributed by atoms with Gasteiger partial charge in [-0.1, -0.05) is 37.4 Å². The molecule has 0 heterocycles. The van der Waals surface area contributed by atoms with Crippen LogP contribution in [0.25, 0.3) is 12.2 Å². The number of anilines is 1. The van der Waals surface area contributed by atoms with Crippen LogP contribution in [-0.2, 0) is 14.3 Å². The molecule has 0 aliphatic rings. The first-order chi connectivity index (χ1) is 9.14. The molecule has 0 aliphatic carbocycles. The number of hydrogen-bond donors (Lipinski definition) is 1. The highest BCUT2D eigenvalue weighted by molar-refractivity contribution is 6.29. The van der Waals surface area contributed by atoms with Gasteiger partial charge in [0.05, 0.1) is 0 Å². The van der Waals surface area contributed by atoms with Crippen LogP contribution in [0.3, 0.4) is 0 Å². The molecule has 0 saturated heterocycles. The Hall–Kier alpha value is -2.20. The molecule has 4 nitrogen and oxygen atoms in total. The van der Waals surface area contributed by atoms with Crippen molar-refractivity contribution in [3.05, 3.63) is 42.5 Å². The average molecular weight is 261 g/mol.